The Balaban J connectivity index is 0.00000240. The molecule has 4 rings (SSSR count). The zero-order chi connectivity index (χ0) is 19.2. The molecule has 1 saturated heterocycles. The van der Waals surface area contributed by atoms with Crippen LogP contribution in [0.4, 0.5) is 0 Å². The van der Waals surface area contributed by atoms with Gasteiger partial charge in [-0.05, 0) is 51.4 Å². The molecule has 9 heteroatoms. The maximum Gasteiger partial charge on any atom is 0.191 e. The minimum atomic E-state index is 0. The van der Waals surface area contributed by atoms with E-state index in [2.05, 4.69) is 43.3 Å². The number of piperidine rings is 1. The third kappa shape index (κ3) is 5.50. The van der Waals surface area contributed by atoms with Crippen molar-refractivity contribution in [3.05, 3.63) is 35.8 Å². The Kier molecular flexibility index (Phi) is 8.34. The summed E-state index contributed by atoms with van der Waals surface area (Å²) in [4.78, 5) is 7.27. The minimum absolute atomic E-state index is 0. The number of halogens is 1. The number of aliphatic imine (C=N–C) groups is 1. The molecule has 1 fully saturated rings. The number of aromatic nitrogens is 3. The molecular weight excluding hydrogens is 481 g/mol. The van der Waals surface area contributed by atoms with Crippen LogP contribution in [0.2, 0.25) is 0 Å². The molecule has 0 aliphatic carbocycles. The van der Waals surface area contributed by atoms with Crippen LogP contribution in [-0.2, 0) is 19.5 Å². The van der Waals surface area contributed by atoms with Crippen molar-refractivity contribution in [3.63, 3.8) is 0 Å². The van der Waals surface area contributed by atoms with Gasteiger partial charge in [-0.3, -0.25) is 4.90 Å². The SMILES string of the molecule is CCNC(=NCc1nnc2n1CCC2)NCC(c1ccco1)N1CCCCC1.I. The summed E-state index contributed by atoms with van der Waals surface area (Å²) in [7, 11) is 0. The molecule has 1 unspecified atom stereocenters. The van der Waals surface area contributed by atoms with Gasteiger partial charge in [-0.15, -0.1) is 34.2 Å². The number of hydrogen-bond acceptors (Lipinski definition) is 5. The first-order chi connectivity index (χ1) is 13.8. The summed E-state index contributed by atoms with van der Waals surface area (Å²) in [6.45, 7) is 7.44. The molecule has 0 amide bonds. The van der Waals surface area contributed by atoms with Gasteiger partial charge in [0.15, 0.2) is 11.8 Å². The maximum absolute atomic E-state index is 5.75. The molecule has 160 valence electrons. The molecule has 0 spiro atoms. The van der Waals surface area contributed by atoms with Crippen molar-refractivity contribution in [2.24, 2.45) is 4.99 Å². The van der Waals surface area contributed by atoms with Crippen molar-refractivity contribution in [3.8, 4) is 0 Å². The van der Waals surface area contributed by atoms with E-state index in [4.69, 9.17) is 9.41 Å². The highest BCUT2D eigenvalue weighted by molar-refractivity contribution is 14.0. The first-order valence-corrected chi connectivity index (χ1v) is 10.6. The molecule has 29 heavy (non-hydrogen) atoms. The Hall–Kier alpha value is -1.62. The summed E-state index contributed by atoms with van der Waals surface area (Å²) in [5.74, 6) is 3.86. The summed E-state index contributed by atoms with van der Waals surface area (Å²) in [5, 5.41) is 15.4. The highest BCUT2D eigenvalue weighted by atomic mass is 127. The van der Waals surface area contributed by atoms with Gasteiger partial charge in [-0.2, -0.15) is 0 Å². The van der Waals surface area contributed by atoms with E-state index in [1.165, 1.54) is 19.3 Å². The van der Waals surface area contributed by atoms with Gasteiger partial charge in [0.05, 0.1) is 12.3 Å². The molecule has 2 aromatic heterocycles. The van der Waals surface area contributed by atoms with Crippen LogP contribution in [0.25, 0.3) is 0 Å². The van der Waals surface area contributed by atoms with E-state index in [0.717, 1.165) is 68.9 Å². The zero-order valence-corrected chi connectivity index (χ0v) is 19.5. The van der Waals surface area contributed by atoms with Crippen LogP contribution in [0.1, 0.15) is 56.1 Å². The standard InChI is InChI=1S/C20H31N7O.HI/c1-2-21-20(23-15-19-25-24-18-9-6-12-27(18)19)22-14-16(17-8-7-13-28-17)26-10-4-3-5-11-26;/h7-8,13,16H,2-6,9-12,14-15H2,1H3,(H2,21,22,23);1H. The second-order valence-electron chi connectivity index (χ2n) is 7.49. The number of guanidine groups is 1. The van der Waals surface area contributed by atoms with Crippen molar-refractivity contribution >= 4 is 29.9 Å². The number of aryl methyl sites for hydroxylation is 1. The molecule has 2 aliphatic rings. The molecule has 0 aromatic carbocycles. The number of fused-ring (bicyclic) bond motifs is 1. The number of furan rings is 1. The topological polar surface area (TPSA) is 83.5 Å². The van der Waals surface area contributed by atoms with Gasteiger partial charge in [0, 0.05) is 26.1 Å². The van der Waals surface area contributed by atoms with E-state index >= 15 is 0 Å². The Labute approximate surface area is 189 Å². The molecule has 0 bridgehead atoms. The quantitative estimate of drug-likeness (QED) is 0.337. The molecule has 2 aliphatic heterocycles. The van der Waals surface area contributed by atoms with Crippen molar-refractivity contribution < 1.29 is 4.42 Å². The van der Waals surface area contributed by atoms with Crippen LogP contribution in [0.15, 0.2) is 27.8 Å². The Bertz CT molecular complexity index is 768. The monoisotopic (exact) mass is 513 g/mol. The van der Waals surface area contributed by atoms with Crippen molar-refractivity contribution in [2.45, 2.75) is 58.2 Å². The van der Waals surface area contributed by atoms with Gasteiger partial charge in [0.1, 0.15) is 18.1 Å². The van der Waals surface area contributed by atoms with Crippen LogP contribution >= 0.6 is 24.0 Å². The fourth-order valence-electron chi connectivity index (χ4n) is 4.13. The van der Waals surface area contributed by atoms with Crippen LogP contribution in [0.5, 0.6) is 0 Å². The van der Waals surface area contributed by atoms with Gasteiger partial charge in [-0.25, -0.2) is 4.99 Å². The summed E-state index contributed by atoms with van der Waals surface area (Å²) in [6, 6.07) is 4.26. The Morgan fingerprint density at radius 2 is 2.03 bits per heavy atom. The molecule has 2 N–H and O–H groups in total. The number of hydrogen-bond donors (Lipinski definition) is 2. The Morgan fingerprint density at radius 1 is 1.17 bits per heavy atom. The van der Waals surface area contributed by atoms with Crippen LogP contribution in [0.3, 0.4) is 0 Å². The Morgan fingerprint density at radius 3 is 2.79 bits per heavy atom. The van der Waals surface area contributed by atoms with Gasteiger partial charge in [0.2, 0.25) is 0 Å². The molecule has 2 aromatic rings. The first kappa shape index (κ1) is 22.1. The van der Waals surface area contributed by atoms with Crippen LogP contribution in [-0.4, -0.2) is 51.8 Å². The van der Waals surface area contributed by atoms with Gasteiger partial charge >= 0.3 is 0 Å². The summed E-state index contributed by atoms with van der Waals surface area (Å²) in [6.07, 6.45) is 7.77. The van der Waals surface area contributed by atoms with Gasteiger partial charge < -0.3 is 19.6 Å². The maximum atomic E-state index is 5.75. The fourth-order valence-corrected chi connectivity index (χ4v) is 4.13. The van der Waals surface area contributed by atoms with E-state index in [9.17, 15) is 0 Å². The second-order valence-corrected chi connectivity index (χ2v) is 7.49. The van der Waals surface area contributed by atoms with Crippen molar-refractivity contribution in [1.82, 2.24) is 30.3 Å². The van der Waals surface area contributed by atoms with Gasteiger partial charge in [-0.1, -0.05) is 6.42 Å². The summed E-state index contributed by atoms with van der Waals surface area (Å²) >= 11 is 0. The number of nitrogens with zero attached hydrogens (tertiary/aromatic N) is 5. The predicted octanol–water partition coefficient (Wildman–Crippen LogP) is 2.72. The zero-order valence-electron chi connectivity index (χ0n) is 17.1. The highest BCUT2D eigenvalue weighted by Crippen LogP contribution is 2.24. The number of likely N-dealkylation sites (tertiary alicyclic amines) is 1. The van der Waals surface area contributed by atoms with E-state index in [-0.39, 0.29) is 30.0 Å². The molecule has 1 atom stereocenters. The molecular formula is C20H32IN7O. The lowest BCUT2D eigenvalue weighted by Crippen LogP contribution is -2.44. The largest absolute Gasteiger partial charge is 0.468 e. The van der Waals surface area contributed by atoms with E-state index in [0.29, 0.717) is 6.54 Å². The van der Waals surface area contributed by atoms with E-state index < -0.39 is 0 Å². The van der Waals surface area contributed by atoms with Crippen molar-refractivity contribution in [1.29, 1.82) is 0 Å². The van der Waals surface area contributed by atoms with Crippen LogP contribution in [0, 0.1) is 0 Å². The third-order valence-electron chi connectivity index (χ3n) is 5.57. The number of nitrogens with one attached hydrogen (secondary N) is 2. The van der Waals surface area contributed by atoms with Crippen molar-refractivity contribution in [2.75, 3.05) is 26.2 Å². The highest BCUT2D eigenvalue weighted by Gasteiger charge is 2.24. The molecule has 0 saturated carbocycles. The average molecular weight is 513 g/mol. The van der Waals surface area contributed by atoms with Gasteiger partial charge in [0.25, 0.3) is 0 Å². The first-order valence-electron chi connectivity index (χ1n) is 10.6. The number of rotatable bonds is 7. The smallest absolute Gasteiger partial charge is 0.191 e. The fraction of sp³-hybridized carbons (Fsp3) is 0.650. The third-order valence-corrected chi connectivity index (χ3v) is 5.57. The lowest BCUT2D eigenvalue weighted by Gasteiger charge is -2.33. The van der Waals surface area contributed by atoms with E-state index in [1.54, 1.807) is 6.26 Å². The lowest BCUT2D eigenvalue weighted by atomic mass is 10.1. The summed E-state index contributed by atoms with van der Waals surface area (Å²) in [5.41, 5.74) is 0. The molecule has 8 nitrogen and oxygen atoms in total. The van der Waals surface area contributed by atoms with Crippen LogP contribution < -0.4 is 10.6 Å². The normalized spacial score (nSPS) is 18.2. The van der Waals surface area contributed by atoms with E-state index in [1.807, 2.05) is 6.07 Å². The average Bonchev–Trinajstić information content (AvgIpc) is 3.46. The minimum Gasteiger partial charge on any atom is -0.468 e. The molecule has 4 heterocycles. The lowest BCUT2D eigenvalue weighted by molar-refractivity contribution is 0.146. The summed E-state index contributed by atoms with van der Waals surface area (Å²) < 4.78 is 7.95. The second kappa shape index (κ2) is 11.0. The molecule has 0 radical (unpaired) electrons. The predicted molar refractivity (Wildman–Crippen MR) is 123 cm³/mol.